The Morgan fingerprint density at radius 2 is 1.86 bits per heavy atom. The number of aromatic nitrogens is 1. The minimum Gasteiger partial charge on any atom is -0.325 e. The van der Waals surface area contributed by atoms with E-state index in [0.29, 0.717) is 36.2 Å². The molecule has 1 amide bonds. The summed E-state index contributed by atoms with van der Waals surface area (Å²) in [5.41, 5.74) is 0.691. The molecule has 1 aliphatic rings. The van der Waals surface area contributed by atoms with Gasteiger partial charge in [-0.15, -0.1) is 0 Å². The van der Waals surface area contributed by atoms with Gasteiger partial charge in [-0.3, -0.25) is 14.4 Å². The van der Waals surface area contributed by atoms with E-state index in [0.717, 1.165) is 0 Å². The van der Waals surface area contributed by atoms with E-state index in [4.69, 9.17) is 0 Å². The largest absolute Gasteiger partial charge is 0.325 e. The first-order valence-corrected chi connectivity index (χ1v) is 6.91. The first-order valence-electron chi connectivity index (χ1n) is 6.91. The fourth-order valence-corrected chi connectivity index (χ4v) is 2.48. The maximum absolute atomic E-state index is 12.8. The van der Waals surface area contributed by atoms with Gasteiger partial charge in [0.15, 0.2) is 5.78 Å². The third-order valence-corrected chi connectivity index (χ3v) is 3.60. The molecular weight excluding hydrogens is 287 g/mol. The highest BCUT2D eigenvalue weighted by atomic mass is 19.1. The molecule has 1 heterocycles. The van der Waals surface area contributed by atoms with E-state index in [2.05, 4.69) is 10.3 Å². The van der Waals surface area contributed by atoms with Crippen LogP contribution in [0.5, 0.6) is 0 Å². The van der Waals surface area contributed by atoms with Gasteiger partial charge in [-0.1, -0.05) is 0 Å². The molecule has 0 atom stereocenters. The van der Waals surface area contributed by atoms with Crippen molar-refractivity contribution in [2.75, 3.05) is 5.32 Å². The number of H-pyrrole nitrogens is 1. The number of pyridine rings is 1. The molecule has 22 heavy (non-hydrogen) atoms. The summed E-state index contributed by atoms with van der Waals surface area (Å²) < 4.78 is 12.8. The standard InChI is InChI=1S/C16H13FN2O3/c17-9-4-6-10(7-5-9)18-15(21)12-8-11-13(19-16(12)22)2-1-3-14(11)20/h4-8H,1-3H2,(H,18,21)(H,19,22). The summed E-state index contributed by atoms with van der Waals surface area (Å²) in [6.45, 7) is 0. The quantitative estimate of drug-likeness (QED) is 0.893. The Labute approximate surface area is 125 Å². The smallest absolute Gasteiger partial charge is 0.261 e. The molecule has 0 saturated carbocycles. The van der Waals surface area contributed by atoms with E-state index < -0.39 is 17.3 Å². The average molecular weight is 300 g/mol. The van der Waals surface area contributed by atoms with Crippen LogP contribution in [0.2, 0.25) is 0 Å². The number of carbonyl (C=O) groups excluding carboxylic acids is 2. The van der Waals surface area contributed by atoms with Gasteiger partial charge in [0.05, 0.1) is 0 Å². The van der Waals surface area contributed by atoms with Crippen LogP contribution in [0, 0.1) is 5.82 Å². The summed E-state index contributed by atoms with van der Waals surface area (Å²) in [6.07, 6.45) is 1.73. The molecule has 2 aromatic rings. The average Bonchev–Trinajstić information content (AvgIpc) is 2.49. The second-order valence-electron chi connectivity index (χ2n) is 5.14. The molecule has 0 aliphatic heterocycles. The van der Waals surface area contributed by atoms with Crippen LogP contribution >= 0.6 is 0 Å². The van der Waals surface area contributed by atoms with Crippen molar-refractivity contribution >= 4 is 17.4 Å². The van der Waals surface area contributed by atoms with Crippen molar-refractivity contribution in [1.82, 2.24) is 4.98 Å². The van der Waals surface area contributed by atoms with Crippen LogP contribution in [-0.4, -0.2) is 16.7 Å². The van der Waals surface area contributed by atoms with Gasteiger partial charge >= 0.3 is 0 Å². The molecule has 2 N–H and O–H groups in total. The maximum Gasteiger partial charge on any atom is 0.261 e. The van der Waals surface area contributed by atoms with Gasteiger partial charge in [-0.05, 0) is 43.2 Å². The summed E-state index contributed by atoms with van der Waals surface area (Å²) >= 11 is 0. The Balaban J connectivity index is 1.92. The van der Waals surface area contributed by atoms with Gasteiger partial charge in [0.2, 0.25) is 0 Å². The second-order valence-corrected chi connectivity index (χ2v) is 5.14. The molecule has 5 nitrogen and oxygen atoms in total. The van der Waals surface area contributed by atoms with Crippen molar-refractivity contribution in [2.24, 2.45) is 0 Å². The number of halogens is 1. The predicted octanol–water partition coefficient (Wildman–Crippen LogP) is 2.29. The number of nitrogens with one attached hydrogen (secondary N) is 2. The second kappa shape index (κ2) is 5.55. The van der Waals surface area contributed by atoms with Crippen LogP contribution in [0.1, 0.15) is 39.3 Å². The summed E-state index contributed by atoms with van der Waals surface area (Å²) in [5, 5.41) is 2.51. The lowest BCUT2D eigenvalue weighted by atomic mass is 9.93. The Bertz CT molecular complexity index is 809. The Morgan fingerprint density at radius 1 is 1.14 bits per heavy atom. The third kappa shape index (κ3) is 2.67. The number of ketones is 1. The van der Waals surface area contributed by atoms with Gasteiger partial charge in [0.1, 0.15) is 11.4 Å². The molecule has 0 saturated heterocycles. The van der Waals surface area contributed by atoms with Crippen molar-refractivity contribution in [3.8, 4) is 0 Å². The Morgan fingerprint density at radius 3 is 2.59 bits per heavy atom. The van der Waals surface area contributed by atoms with Gasteiger partial charge in [0, 0.05) is 23.4 Å². The Hall–Kier alpha value is -2.76. The first kappa shape index (κ1) is 14.2. The summed E-state index contributed by atoms with van der Waals surface area (Å²) in [4.78, 5) is 38.6. The lowest BCUT2D eigenvalue weighted by molar-refractivity contribution is 0.0971. The molecule has 1 aromatic heterocycles. The van der Waals surface area contributed by atoms with Crippen LogP contribution in [0.25, 0.3) is 0 Å². The highest BCUT2D eigenvalue weighted by molar-refractivity contribution is 6.06. The lowest BCUT2D eigenvalue weighted by Crippen LogP contribution is -2.27. The zero-order valence-electron chi connectivity index (χ0n) is 11.6. The van der Waals surface area contributed by atoms with Crippen LogP contribution in [0.3, 0.4) is 0 Å². The molecule has 0 unspecified atom stereocenters. The number of amides is 1. The zero-order chi connectivity index (χ0) is 15.7. The topological polar surface area (TPSA) is 79.0 Å². The fourth-order valence-electron chi connectivity index (χ4n) is 2.48. The van der Waals surface area contributed by atoms with Gasteiger partial charge in [-0.2, -0.15) is 0 Å². The Kier molecular flexibility index (Phi) is 3.58. The van der Waals surface area contributed by atoms with E-state index in [1.165, 1.54) is 30.3 Å². The minimum absolute atomic E-state index is 0.0756. The number of anilines is 1. The lowest BCUT2D eigenvalue weighted by Gasteiger charge is -2.15. The van der Waals surface area contributed by atoms with Crippen molar-refractivity contribution < 1.29 is 14.0 Å². The van der Waals surface area contributed by atoms with E-state index in [-0.39, 0.29) is 11.3 Å². The molecule has 0 spiro atoms. The monoisotopic (exact) mass is 300 g/mol. The van der Waals surface area contributed by atoms with Crippen LogP contribution in [0.4, 0.5) is 10.1 Å². The first-order chi connectivity index (χ1) is 10.5. The van der Waals surface area contributed by atoms with Crippen LogP contribution < -0.4 is 10.9 Å². The van der Waals surface area contributed by atoms with Crippen LogP contribution in [0.15, 0.2) is 35.1 Å². The summed E-state index contributed by atoms with van der Waals surface area (Å²) in [7, 11) is 0. The summed E-state index contributed by atoms with van der Waals surface area (Å²) in [6, 6.07) is 6.54. The fraction of sp³-hybridized carbons (Fsp3) is 0.188. The number of aromatic amines is 1. The van der Waals surface area contributed by atoms with E-state index in [1.807, 2.05) is 0 Å². The maximum atomic E-state index is 12.8. The number of benzene rings is 1. The molecular formula is C16H13FN2O3. The number of carbonyl (C=O) groups is 2. The van der Waals surface area contributed by atoms with Crippen molar-refractivity contribution in [3.05, 3.63) is 63.3 Å². The van der Waals surface area contributed by atoms with E-state index >= 15 is 0 Å². The molecule has 0 radical (unpaired) electrons. The SMILES string of the molecule is O=C1CCCc2[nH]c(=O)c(C(=O)Nc3ccc(F)cc3)cc21. The number of aryl methyl sites for hydroxylation is 1. The highest BCUT2D eigenvalue weighted by Crippen LogP contribution is 2.19. The number of Topliss-reactive ketones (excluding diaryl/α,β-unsaturated/α-hetero) is 1. The number of rotatable bonds is 2. The number of hydrogen-bond acceptors (Lipinski definition) is 3. The molecule has 1 aliphatic carbocycles. The molecule has 0 bridgehead atoms. The number of hydrogen-bond donors (Lipinski definition) is 2. The van der Waals surface area contributed by atoms with Crippen molar-refractivity contribution in [1.29, 1.82) is 0 Å². The summed E-state index contributed by atoms with van der Waals surface area (Å²) in [5.74, 6) is -1.13. The zero-order valence-corrected chi connectivity index (χ0v) is 11.6. The molecule has 1 aromatic carbocycles. The number of fused-ring (bicyclic) bond motifs is 1. The molecule has 3 rings (SSSR count). The van der Waals surface area contributed by atoms with Gasteiger partial charge in [-0.25, -0.2) is 4.39 Å². The third-order valence-electron chi connectivity index (χ3n) is 3.60. The van der Waals surface area contributed by atoms with Crippen LogP contribution in [-0.2, 0) is 6.42 Å². The highest BCUT2D eigenvalue weighted by Gasteiger charge is 2.22. The predicted molar refractivity (Wildman–Crippen MR) is 78.7 cm³/mol. The molecule has 0 fully saturated rings. The molecule has 112 valence electrons. The van der Waals surface area contributed by atoms with Gasteiger partial charge < -0.3 is 10.3 Å². The van der Waals surface area contributed by atoms with Crippen molar-refractivity contribution in [2.45, 2.75) is 19.3 Å². The van der Waals surface area contributed by atoms with E-state index in [1.54, 1.807) is 0 Å². The van der Waals surface area contributed by atoms with Crippen molar-refractivity contribution in [3.63, 3.8) is 0 Å². The normalized spacial score (nSPS) is 13.6. The molecule has 6 heteroatoms. The minimum atomic E-state index is -0.631. The van der Waals surface area contributed by atoms with E-state index in [9.17, 15) is 18.8 Å². The van der Waals surface area contributed by atoms with Gasteiger partial charge in [0.25, 0.3) is 11.5 Å².